The summed E-state index contributed by atoms with van der Waals surface area (Å²) >= 11 is 6.03. The Morgan fingerprint density at radius 3 is 2.58 bits per heavy atom. The lowest BCUT2D eigenvalue weighted by Gasteiger charge is -2.34. The number of hydrogen-bond acceptors (Lipinski definition) is 3. The minimum absolute atomic E-state index is 0.0241. The van der Waals surface area contributed by atoms with Crippen LogP contribution in [-0.4, -0.2) is 23.8 Å². The molecular weight excluding hydrogens is 348 g/mol. The molecule has 2 heterocycles. The summed E-state index contributed by atoms with van der Waals surface area (Å²) in [5, 5.41) is 1.80. The van der Waals surface area contributed by atoms with Crippen LogP contribution in [0.4, 0.5) is 5.69 Å². The predicted molar refractivity (Wildman–Crippen MR) is 107 cm³/mol. The highest BCUT2D eigenvalue weighted by molar-refractivity contribution is 6.30. The molecule has 0 radical (unpaired) electrons. The molecule has 4 rings (SSSR count). The lowest BCUT2D eigenvalue weighted by Crippen LogP contribution is -2.39. The van der Waals surface area contributed by atoms with Crippen LogP contribution in [0.1, 0.15) is 12.8 Å². The first-order chi connectivity index (χ1) is 12.6. The van der Waals surface area contributed by atoms with Gasteiger partial charge in [0, 0.05) is 49.5 Å². The maximum absolute atomic E-state index is 12.3. The monoisotopic (exact) mass is 368 g/mol. The topological polar surface area (TPSA) is 34.5 Å². The molecule has 1 aromatic heterocycles. The molecule has 0 saturated carbocycles. The Morgan fingerprint density at radius 2 is 1.81 bits per heavy atom. The number of benzene rings is 2. The summed E-state index contributed by atoms with van der Waals surface area (Å²) in [5.74, 6) is 0.815. The van der Waals surface area contributed by atoms with Crippen LogP contribution < -0.4 is 15.2 Å². The maximum atomic E-state index is 12.3. The number of rotatable bonds is 3. The number of piperidine rings is 1. The average molecular weight is 369 g/mol. The molecule has 1 aliphatic heterocycles. The summed E-state index contributed by atoms with van der Waals surface area (Å²) in [6.45, 7) is 1.73. The first-order valence-corrected chi connectivity index (χ1v) is 9.25. The first kappa shape index (κ1) is 17.0. The Bertz CT molecular complexity index is 991. The van der Waals surface area contributed by atoms with Crippen LogP contribution in [0.15, 0.2) is 59.4 Å². The maximum Gasteiger partial charge on any atom is 0.252 e. The van der Waals surface area contributed by atoms with E-state index in [2.05, 4.69) is 11.0 Å². The van der Waals surface area contributed by atoms with Gasteiger partial charge in [-0.05, 0) is 24.3 Å². The molecule has 5 heteroatoms. The van der Waals surface area contributed by atoms with Gasteiger partial charge >= 0.3 is 0 Å². The van der Waals surface area contributed by atoms with E-state index < -0.39 is 0 Å². The quantitative estimate of drug-likeness (QED) is 0.693. The van der Waals surface area contributed by atoms with Gasteiger partial charge in [-0.2, -0.15) is 0 Å². The van der Waals surface area contributed by atoms with E-state index in [1.54, 1.807) is 10.6 Å². The van der Waals surface area contributed by atoms with E-state index in [1.807, 2.05) is 49.5 Å². The summed E-state index contributed by atoms with van der Waals surface area (Å²) in [4.78, 5) is 14.6. The molecule has 26 heavy (non-hydrogen) atoms. The molecule has 2 aromatic carbocycles. The van der Waals surface area contributed by atoms with Gasteiger partial charge in [-0.15, -0.1) is 0 Å². The van der Waals surface area contributed by atoms with E-state index in [0.717, 1.165) is 48.3 Å². The fourth-order valence-electron chi connectivity index (χ4n) is 3.60. The molecule has 0 N–H and O–H groups in total. The number of nitrogens with zero attached hydrogens (tertiary/aromatic N) is 2. The van der Waals surface area contributed by atoms with E-state index in [-0.39, 0.29) is 11.7 Å². The summed E-state index contributed by atoms with van der Waals surface area (Å²) < 4.78 is 7.78. The van der Waals surface area contributed by atoms with Gasteiger partial charge in [0.25, 0.3) is 5.56 Å². The summed E-state index contributed by atoms with van der Waals surface area (Å²) in [5.41, 5.74) is 2.01. The van der Waals surface area contributed by atoms with E-state index in [4.69, 9.17) is 16.3 Å². The summed E-state index contributed by atoms with van der Waals surface area (Å²) in [7, 11) is 1.82. The highest BCUT2D eigenvalue weighted by Crippen LogP contribution is 2.29. The van der Waals surface area contributed by atoms with Gasteiger partial charge in [-0.3, -0.25) is 4.79 Å². The lowest BCUT2D eigenvalue weighted by atomic mass is 10.1. The first-order valence-electron chi connectivity index (χ1n) is 8.88. The highest BCUT2D eigenvalue weighted by atomic mass is 35.5. The number of halogens is 1. The van der Waals surface area contributed by atoms with Gasteiger partial charge in [0.2, 0.25) is 0 Å². The molecule has 3 aromatic rings. The normalized spacial score (nSPS) is 15.4. The molecule has 0 atom stereocenters. The fourth-order valence-corrected chi connectivity index (χ4v) is 3.78. The standard InChI is InChI=1S/C21H21ClN2O2/c1-23-19-8-3-2-7-18(19)20(14-21(23)25)24-11-9-16(10-12-24)26-17-6-4-5-15(22)13-17/h2-8,13-14,16H,9-12H2,1H3. The zero-order chi connectivity index (χ0) is 18.1. The van der Waals surface area contributed by atoms with Crippen LogP contribution in [0.3, 0.4) is 0 Å². The van der Waals surface area contributed by atoms with Crippen molar-refractivity contribution in [3.05, 3.63) is 70.0 Å². The van der Waals surface area contributed by atoms with Crippen molar-refractivity contribution in [3.63, 3.8) is 0 Å². The van der Waals surface area contributed by atoms with Gasteiger partial charge < -0.3 is 14.2 Å². The lowest BCUT2D eigenvalue weighted by molar-refractivity contribution is 0.171. The second kappa shape index (κ2) is 7.04. The molecule has 1 fully saturated rings. The van der Waals surface area contributed by atoms with E-state index in [0.29, 0.717) is 5.02 Å². The van der Waals surface area contributed by atoms with Crippen molar-refractivity contribution in [1.82, 2.24) is 4.57 Å². The number of anilines is 1. The zero-order valence-electron chi connectivity index (χ0n) is 14.7. The SMILES string of the molecule is Cn1c(=O)cc(N2CCC(Oc3cccc(Cl)c3)CC2)c2ccccc21. The van der Waals surface area contributed by atoms with Crippen molar-refractivity contribution in [2.45, 2.75) is 18.9 Å². The third-order valence-electron chi connectivity index (χ3n) is 5.01. The number of pyridine rings is 1. The molecule has 0 aliphatic carbocycles. The Kier molecular flexibility index (Phi) is 4.60. The minimum Gasteiger partial charge on any atom is -0.490 e. The van der Waals surface area contributed by atoms with Crippen molar-refractivity contribution in [2.75, 3.05) is 18.0 Å². The van der Waals surface area contributed by atoms with Crippen LogP contribution in [0, 0.1) is 0 Å². The smallest absolute Gasteiger partial charge is 0.252 e. The number of para-hydroxylation sites is 1. The van der Waals surface area contributed by atoms with Crippen LogP contribution >= 0.6 is 11.6 Å². The van der Waals surface area contributed by atoms with Crippen LogP contribution in [0.2, 0.25) is 5.02 Å². The Balaban J connectivity index is 1.53. The fraction of sp³-hybridized carbons (Fsp3) is 0.286. The minimum atomic E-state index is 0.0241. The second-order valence-electron chi connectivity index (χ2n) is 6.71. The number of fused-ring (bicyclic) bond motifs is 1. The highest BCUT2D eigenvalue weighted by Gasteiger charge is 2.22. The molecule has 134 valence electrons. The van der Waals surface area contributed by atoms with Crippen LogP contribution in [-0.2, 0) is 7.05 Å². The van der Waals surface area contributed by atoms with Gasteiger partial charge in [0.15, 0.2) is 0 Å². The Hall–Kier alpha value is -2.46. The largest absolute Gasteiger partial charge is 0.490 e. The van der Waals surface area contributed by atoms with Crippen molar-refractivity contribution in [2.24, 2.45) is 7.05 Å². The summed E-state index contributed by atoms with van der Waals surface area (Å²) in [6, 6.07) is 17.3. The number of aromatic nitrogens is 1. The molecule has 0 amide bonds. The van der Waals surface area contributed by atoms with Gasteiger partial charge in [-0.1, -0.05) is 35.9 Å². The number of hydrogen-bond donors (Lipinski definition) is 0. The second-order valence-corrected chi connectivity index (χ2v) is 7.14. The van der Waals surface area contributed by atoms with E-state index in [9.17, 15) is 4.79 Å². The molecule has 4 nitrogen and oxygen atoms in total. The van der Waals surface area contributed by atoms with Gasteiger partial charge in [0.05, 0.1) is 11.2 Å². The third-order valence-corrected chi connectivity index (χ3v) is 5.25. The van der Waals surface area contributed by atoms with Crippen molar-refractivity contribution in [3.8, 4) is 5.75 Å². The van der Waals surface area contributed by atoms with E-state index >= 15 is 0 Å². The third kappa shape index (κ3) is 3.29. The molecule has 0 spiro atoms. The van der Waals surface area contributed by atoms with Crippen LogP contribution in [0.5, 0.6) is 5.75 Å². The van der Waals surface area contributed by atoms with Crippen molar-refractivity contribution in [1.29, 1.82) is 0 Å². The van der Waals surface area contributed by atoms with E-state index in [1.165, 1.54) is 0 Å². The molecule has 0 bridgehead atoms. The molecule has 1 aliphatic rings. The predicted octanol–water partition coefficient (Wildman–Crippen LogP) is 4.24. The van der Waals surface area contributed by atoms with Gasteiger partial charge in [0.1, 0.15) is 11.9 Å². The number of ether oxygens (including phenoxy) is 1. The number of aryl methyl sites for hydroxylation is 1. The van der Waals surface area contributed by atoms with Crippen LogP contribution in [0.25, 0.3) is 10.9 Å². The Labute approximate surface area is 157 Å². The average Bonchev–Trinajstić information content (AvgIpc) is 2.66. The zero-order valence-corrected chi connectivity index (χ0v) is 15.4. The summed E-state index contributed by atoms with van der Waals surface area (Å²) in [6.07, 6.45) is 1.99. The van der Waals surface area contributed by atoms with Crippen molar-refractivity contribution < 1.29 is 4.74 Å². The molecular formula is C21H21ClN2O2. The van der Waals surface area contributed by atoms with Crippen molar-refractivity contribution >= 4 is 28.2 Å². The molecule has 0 unspecified atom stereocenters. The molecule has 1 saturated heterocycles. The Morgan fingerprint density at radius 1 is 1.04 bits per heavy atom. The van der Waals surface area contributed by atoms with Gasteiger partial charge in [-0.25, -0.2) is 0 Å².